The highest BCUT2D eigenvalue weighted by molar-refractivity contribution is 6.09. The van der Waals surface area contributed by atoms with E-state index in [9.17, 15) is 14.9 Å². The van der Waals surface area contributed by atoms with E-state index in [4.69, 9.17) is 10.5 Å². The predicted octanol–water partition coefficient (Wildman–Crippen LogP) is 3.97. The van der Waals surface area contributed by atoms with Gasteiger partial charge in [0.15, 0.2) is 0 Å². The molecular formula is C24H34N4O3. The van der Waals surface area contributed by atoms with Gasteiger partial charge in [0, 0.05) is 23.3 Å². The lowest BCUT2D eigenvalue weighted by Gasteiger charge is -2.54. The van der Waals surface area contributed by atoms with E-state index < -0.39 is 11.9 Å². The van der Waals surface area contributed by atoms with E-state index in [1.54, 1.807) is 30.5 Å². The third-order valence-electron chi connectivity index (χ3n) is 5.58. The second-order valence-electron chi connectivity index (χ2n) is 9.31. The number of nitrogens with zero attached hydrogens (tertiary/aromatic N) is 2. The van der Waals surface area contributed by atoms with Gasteiger partial charge in [-0.25, -0.2) is 4.79 Å². The van der Waals surface area contributed by atoms with Crippen LogP contribution in [0.15, 0.2) is 36.0 Å². The zero-order valence-corrected chi connectivity index (χ0v) is 19.2. The molecule has 0 saturated carbocycles. The van der Waals surface area contributed by atoms with Gasteiger partial charge in [0.25, 0.3) is 5.91 Å². The van der Waals surface area contributed by atoms with Gasteiger partial charge < -0.3 is 20.7 Å². The number of likely N-dealkylation sites (tertiary alicyclic amines) is 1. The number of hydrogen-bond donors (Lipinski definition) is 2. The number of nitrogens with two attached hydrogens (primary N) is 1. The Balaban J connectivity index is 2.26. The number of para-hydroxylation sites is 1. The fourth-order valence-corrected chi connectivity index (χ4v) is 4.34. The van der Waals surface area contributed by atoms with Crippen molar-refractivity contribution in [1.29, 1.82) is 5.26 Å². The van der Waals surface area contributed by atoms with Crippen LogP contribution >= 0.6 is 0 Å². The summed E-state index contributed by atoms with van der Waals surface area (Å²) in [4.78, 5) is 27.4. The Kier molecular flexibility index (Phi) is 7.85. The summed E-state index contributed by atoms with van der Waals surface area (Å²) in [6.45, 7) is 10.5. The van der Waals surface area contributed by atoms with Crippen LogP contribution in [0.1, 0.15) is 70.7 Å². The maximum Gasteiger partial charge on any atom is 0.340 e. The SMILES string of the molecule is CCCCOC(=O)c1ccccc1NC(=O)/C(C#N)=C\N1C(C)(C)CC(N)CC1(C)C. The molecule has 0 bridgehead atoms. The van der Waals surface area contributed by atoms with Crippen molar-refractivity contribution in [3.8, 4) is 6.07 Å². The number of carbonyl (C=O) groups excluding carboxylic acids is 2. The summed E-state index contributed by atoms with van der Waals surface area (Å²) < 4.78 is 5.27. The minimum absolute atomic E-state index is 0.0363. The molecule has 1 saturated heterocycles. The Bertz CT molecular complexity index is 865. The Morgan fingerprint density at radius 2 is 1.87 bits per heavy atom. The third-order valence-corrected chi connectivity index (χ3v) is 5.58. The minimum atomic E-state index is -0.571. The number of carbonyl (C=O) groups is 2. The lowest BCUT2D eigenvalue weighted by Crippen LogP contribution is -2.61. The molecule has 1 aliphatic rings. The van der Waals surface area contributed by atoms with Gasteiger partial charge in [-0.2, -0.15) is 5.26 Å². The number of benzene rings is 1. The molecule has 1 amide bonds. The fourth-order valence-electron chi connectivity index (χ4n) is 4.34. The summed E-state index contributed by atoms with van der Waals surface area (Å²) in [5.41, 5.74) is 6.13. The Labute approximate surface area is 185 Å². The number of hydrogen-bond acceptors (Lipinski definition) is 6. The molecule has 0 spiro atoms. The Morgan fingerprint density at radius 3 is 2.45 bits per heavy atom. The van der Waals surface area contributed by atoms with Crippen molar-refractivity contribution in [2.75, 3.05) is 11.9 Å². The van der Waals surface area contributed by atoms with E-state index in [1.165, 1.54) is 0 Å². The molecule has 0 aliphatic carbocycles. The monoisotopic (exact) mass is 426 g/mol. The maximum absolute atomic E-state index is 12.9. The van der Waals surface area contributed by atoms with Crippen LogP contribution in [-0.4, -0.2) is 40.5 Å². The molecule has 2 rings (SSSR count). The third kappa shape index (κ3) is 6.08. The van der Waals surface area contributed by atoms with Crippen LogP contribution in [0, 0.1) is 11.3 Å². The highest BCUT2D eigenvalue weighted by Gasteiger charge is 2.43. The fraction of sp³-hybridized carbons (Fsp3) is 0.542. The topological polar surface area (TPSA) is 108 Å². The largest absolute Gasteiger partial charge is 0.462 e. The molecule has 0 radical (unpaired) electrons. The van der Waals surface area contributed by atoms with Crippen molar-refractivity contribution in [1.82, 2.24) is 4.90 Å². The van der Waals surface area contributed by atoms with Gasteiger partial charge in [0.2, 0.25) is 0 Å². The van der Waals surface area contributed by atoms with E-state index in [1.807, 2.05) is 17.9 Å². The molecule has 0 aromatic heterocycles. The number of unbranched alkanes of at least 4 members (excludes halogenated alkanes) is 1. The van der Waals surface area contributed by atoms with Gasteiger partial charge in [0.05, 0.1) is 17.9 Å². The molecule has 7 nitrogen and oxygen atoms in total. The number of rotatable bonds is 7. The molecule has 1 fully saturated rings. The molecule has 1 aromatic carbocycles. The average Bonchev–Trinajstić information content (AvgIpc) is 2.66. The van der Waals surface area contributed by atoms with E-state index in [2.05, 4.69) is 33.0 Å². The number of anilines is 1. The second-order valence-corrected chi connectivity index (χ2v) is 9.31. The first kappa shape index (κ1) is 24.4. The van der Waals surface area contributed by atoms with Gasteiger partial charge in [-0.1, -0.05) is 25.5 Å². The van der Waals surface area contributed by atoms with Crippen molar-refractivity contribution in [3.05, 3.63) is 41.6 Å². The summed E-state index contributed by atoms with van der Waals surface area (Å²) in [5.74, 6) is -1.07. The van der Waals surface area contributed by atoms with Gasteiger partial charge in [-0.05, 0) is 59.1 Å². The molecule has 31 heavy (non-hydrogen) atoms. The van der Waals surface area contributed by atoms with Crippen LogP contribution < -0.4 is 11.1 Å². The Morgan fingerprint density at radius 1 is 1.26 bits per heavy atom. The molecule has 7 heteroatoms. The van der Waals surface area contributed by atoms with Crippen molar-refractivity contribution in [2.24, 2.45) is 5.73 Å². The van der Waals surface area contributed by atoms with Crippen molar-refractivity contribution < 1.29 is 14.3 Å². The average molecular weight is 427 g/mol. The molecule has 1 heterocycles. The predicted molar refractivity (Wildman–Crippen MR) is 121 cm³/mol. The van der Waals surface area contributed by atoms with Crippen LogP contribution in [0.2, 0.25) is 0 Å². The van der Waals surface area contributed by atoms with Gasteiger partial charge in [-0.15, -0.1) is 0 Å². The van der Waals surface area contributed by atoms with Crippen LogP contribution in [0.3, 0.4) is 0 Å². The molecule has 0 unspecified atom stereocenters. The number of nitriles is 1. The standard InChI is InChI=1S/C24H34N4O3/c1-6-7-12-31-22(30)19-10-8-9-11-20(19)27-21(29)17(15-25)16-28-23(2,3)13-18(26)14-24(28,4)5/h8-11,16,18H,6-7,12-14,26H2,1-5H3,(H,27,29)/b17-16-. The van der Waals surface area contributed by atoms with Crippen molar-refractivity contribution in [2.45, 2.75) is 77.4 Å². The molecule has 3 N–H and O–H groups in total. The first-order chi connectivity index (χ1) is 14.5. The van der Waals surface area contributed by atoms with Crippen molar-refractivity contribution in [3.63, 3.8) is 0 Å². The number of nitrogens with one attached hydrogen (secondary N) is 1. The Hall–Kier alpha value is -2.85. The molecule has 0 atom stereocenters. The first-order valence-electron chi connectivity index (χ1n) is 10.8. The molecule has 1 aromatic rings. The van der Waals surface area contributed by atoms with Crippen LogP contribution in [0.4, 0.5) is 5.69 Å². The van der Waals surface area contributed by atoms with Gasteiger partial charge in [-0.3, -0.25) is 4.79 Å². The normalized spacial score (nSPS) is 18.2. The van der Waals surface area contributed by atoms with Gasteiger partial charge >= 0.3 is 5.97 Å². The highest BCUT2D eigenvalue weighted by Crippen LogP contribution is 2.38. The van der Waals surface area contributed by atoms with Crippen LogP contribution in [-0.2, 0) is 9.53 Å². The number of amides is 1. The van der Waals surface area contributed by atoms with E-state index >= 15 is 0 Å². The summed E-state index contributed by atoms with van der Waals surface area (Å²) >= 11 is 0. The van der Waals surface area contributed by atoms with E-state index in [0.29, 0.717) is 12.3 Å². The van der Waals surface area contributed by atoms with Crippen LogP contribution in [0.25, 0.3) is 0 Å². The minimum Gasteiger partial charge on any atom is -0.462 e. The summed E-state index contributed by atoms with van der Waals surface area (Å²) in [5, 5.41) is 12.4. The number of piperidine rings is 1. The number of ether oxygens (including phenoxy) is 1. The molecule has 1 aliphatic heterocycles. The lowest BCUT2D eigenvalue weighted by atomic mass is 9.77. The maximum atomic E-state index is 12.9. The van der Waals surface area contributed by atoms with Crippen LogP contribution in [0.5, 0.6) is 0 Å². The zero-order chi connectivity index (χ0) is 23.2. The zero-order valence-electron chi connectivity index (χ0n) is 19.2. The van der Waals surface area contributed by atoms with Crippen molar-refractivity contribution >= 4 is 17.6 Å². The lowest BCUT2D eigenvalue weighted by molar-refractivity contribution is -0.112. The quantitative estimate of drug-likeness (QED) is 0.296. The smallest absolute Gasteiger partial charge is 0.340 e. The second kappa shape index (κ2) is 9.97. The van der Waals surface area contributed by atoms with Gasteiger partial charge in [0.1, 0.15) is 11.6 Å². The summed E-state index contributed by atoms with van der Waals surface area (Å²) in [7, 11) is 0. The molecule has 168 valence electrons. The van der Waals surface area contributed by atoms with E-state index in [0.717, 1.165) is 25.7 Å². The summed E-state index contributed by atoms with van der Waals surface area (Å²) in [6, 6.07) is 8.70. The summed E-state index contributed by atoms with van der Waals surface area (Å²) in [6.07, 6.45) is 4.80. The van der Waals surface area contributed by atoms with E-state index in [-0.39, 0.29) is 28.3 Å². The first-order valence-corrected chi connectivity index (χ1v) is 10.8. The number of esters is 1. The highest BCUT2D eigenvalue weighted by atomic mass is 16.5. The molecular weight excluding hydrogens is 392 g/mol.